The summed E-state index contributed by atoms with van der Waals surface area (Å²) >= 11 is 7.98. The molecular formula is C12H15ClN2OS. The normalized spacial score (nSPS) is 17.0. The van der Waals surface area contributed by atoms with Crippen molar-refractivity contribution in [1.82, 2.24) is 0 Å². The van der Waals surface area contributed by atoms with E-state index in [2.05, 4.69) is 0 Å². The number of halogens is 1. The zero-order valence-electron chi connectivity index (χ0n) is 9.41. The van der Waals surface area contributed by atoms with Crippen LogP contribution in [0.2, 0.25) is 5.02 Å². The van der Waals surface area contributed by atoms with Crippen LogP contribution in [0.3, 0.4) is 0 Å². The van der Waals surface area contributed by atoms with Crippen LogP contribution in [0.15, 0.2) is 23.1 Å². The van der Waals surface area contributed by atoms with Crippen LogP contribution < -0.4 is 5.73 Å². The Balaban J connectivity index is 2.08. The molecule has 17 heavy (non-hydrogen) atoms. The standard InChI is InChI=1S/C12H15ClN2OS/c13-10-7-8(12(14)15)1-2-11(10)17-9-3-5-16-6-4-9/h1-2,7,9H,3-6H2,(H3,14,15). The first-order chi connectivity index (χ1) is 8.16. The maximum atomic E-state index is 7.35. The second kappa shape index (κ2) is 5.76. The molecule has 1 aliphatic heterocycles. The summed E-state index contributed by atoms with van der Waals surface area (Å²) in [5.41, 5.74) is 6.09. The number of hydrogen-bond acceptors (Lipinski definition) is 3. The zero-order chi connectivity index (χ0) is 12.3. The Morgan fingerprint density at radius 1 is 1.41 bits per heavy atom. The highest BCUT2D eigenvalue weighted by molar-refractivity contribution is 8.00. The fourth-order valence-electron chi connectivity index (χ4n) is 1.74. The Bertz CT molecular complexity index is 419. The van der Waals surface area contributed by atoms with E-state index < -0.39 is 0 Å². The summed E-state index contributed by atoms with van der Waals surface area (Å²) in [6, 6.07) is 5.54. The van der Waals surface area contributed by atoms with E-state index in [1.807, 2.05) is 12.1 Å². The molecule has 3 N–H and O–H groups in total. The largest absolute Gasteiger partial charge is 0.384 e. The maximum absolute atomic E-state index is 7.35. The number of rotatable bonds is 3. The monoisotopic (exact) mass is 270 g/mol. The van der Waals surface area contributed by atoms with Gasteiger partial charge in [0, 0.05) is 28.9 Å². The lowest BCUT2D eigenvalue weighted by Gasteiger charge is -2.21. The molecule has 0 spiro atoms. The molecule has 0 atom stereocenters. The molecule has 1 heterocycles. The zero-order valence-corrected chi connectivity index (χ0v) is 11.0. The average molecular weight is 271 g/mol. The second-order valence-electron chi connectivity index (χ2n) is 3.99. The van der Waals surface area contributed by atoms with E-state index in [-0.39, 0.29) is 5.84 Å². The van der Waals surface area contributed by atoms with Crippen molar-refractivity contribution in [3.8, 4) is 0 Å². The summed E-state index contributed by atoms with van der Waals surface area (Å²) in [5, 5.41) is 8.60. The molecule has 2 rings (SSSR count). The van der Waals surface area contributed by atoms with Gasteiger partial charge in [0.05, 0.1) is 5.02 Å². The summed E-state index contributed by atoms with van der Waals surface area (Å²) < 4.78 is 5.33. The molecular weight excluding hydrogens is 256 g/mol. The molecule has 1 saturated heterocycles. The molecule has 1 fully saturated rings. The van der Waals surface area contributed by atoms with Gasteiger partial charge in [-0.3, -0.25) is 5.41 Å². The third kappa shape index (κ3) is 3.37. The number of benzene rings is 1. The van der Waals surface area contributed by atoms with Gasteiger partial charge in [0.15, 0.2) is 0 Å². The van der Waals surface area contributed by atoms with Crippen LogP contribution in [0.1, 0.15) is 18.4 Å². The van der Waals surface area contributed by atoms with E-state index in [0.29, 0.717) is 15.8 Å². The highest BCUT2D eigenvalue weighted by atomic mass is 35.5. The summed E-state index contributed by atoms with van der Waals surface area (Å²) in [6.07, 6.45) is 2.13. The molecule has 92 valence electrons. The van der Waals surface area contributed by atoms with E-state index in [9.17, 15) is 0 Å². The van der Waals surface area contributed by atoms with Crippen LogP contribution in [-0.4, -0.2) is 24.3 Å². The third-order valence-corrected chi connectivity index (χ3v) is 4.54. The van der Waals surface area contributed by atoms with Gasteiger partial charge in [-0.15, -0.1) is 11.8 Å². The van der Waals surface area contributed by atoms with Crippen LogP contribution in [0.5, 0.6) is 0 Å². The lowest BCUT2D eigenvalue weighted by molar-refractivity contribution is 0.100. The van der Waals surface area contributed by atoms with Crippen LogP contribution in [0, 0.1) is 5.41 Å². The van der Waals surface area contributed by atoms with Crippen molar-refractivity contribution in [1.29, 1.82) is 5.41 Å². The van der Waals surface area contributed by atoms with Gasteiger partial charge in [-0.25, -0.2) is 0 Å². The fourth-order valence-corrected chi connectivity index (χ4v) is 3.16. The van der Waals surface area contributed by atoms with Crippen molar-refractivity contribution in [3.05, 3.63) is 28.8 Å². The second-order valence-corrected chi connectivity index (χ2v) is 5.74. The van der Waals surface area contributed by atoms with Crippen LogP contribution in [0.25, 0.3) is 0 Å². The Hall–Kier alpha value is -0.710. The Morgan fingerprint density at radius 2 is 2.12 bits per heavy atom. The first-order valence-electron chi connectivity index (χ1n) is 5.55. The van der Waals surface area contributed by atoms with Crippen LogP contribution in [0.4, 0.5) is 0 Å². The molecule has 0 bridgehead atoms. The van der Waals surface area contributed by atoms with Crippen LogP contribution in [-0.2, 0) is 4.74 Å². The summed E-state index contributed by atoms with van der Waals surface area (Å²) in [4.78, 5) is 1.06. The van der Waals surface area contributed by atoms with Crippen molar-refractivity contribution in [2.75, 3.05) is 13.2 Å². The highest BCUT2D eigenvalue weighted by Gasteiger charge is 2.16. The van der Waals surface area contributed by atoms with Gasteiger partial charge in [-0.05, 0) is 25.0 Å². The van der Waals surface area contributed by atoms with Gasteiger partial charge in [0.25, 0.3) is 0 Å². The van der Waals surface area contributed by atoms with Gasteiger partial charge in [0.2, 0.25) is 0 Å². The third-order valence-electron chi connectivity index (χ3n) is 2.70. The van der Waals surface area contributed by atoms with E-state index in [1.165, 1.54) is 0 Å². The molecule has 1 aromatic rings. The molecule has 0 amide bonds. The quantitative estimate of drug-likeness (QED) is 0.656. The predicted octanol–water partition coefficient (Wildman–Crippen LogP) is 2.90. The molecule has 5 heteroatoms. The van der Waals surface area contributed by atoms with Crippen LogP contribution >= 0.6 is 23.4 Å². The summed E-state index contributed by atoms with van der Waals surface area (Å²) in [6.45, 7) is 1.67. The number of nitrogens with one attached hydrogen (secondary N) is 1. The number of ether oxygens (including phenoxy) is 1. The SMILES string of the molecule is N=C(N)c1ccc(SC2CCOCC2)c(Cl)c1. The Kier molecular flexibility index (Phi) is 4.31. The first-order valence-corrected chi connectivity index (χ1v) is 6.81. The van der Waals surface area contributed by atoms with Crippen molar-refractivity contribution >= 4 is 29.2 Å². The molecule has 0 aromatic heterocycles. The van der Waals surface area contributed by atoms with Gasteiger partial charge < -0.3 is 10.5 Å². The summed E-state index contributed by atoms with van der Waals surface area (Å²) in [7, 11) is 0. The minimum Gasteiger partial charge on any atom is -0.384 e. The van der Waals surface area contributed by atoms with E-state index in [0.717, 1.165) is 31.0 Å². The smallest absolute Gasteiger partial charge is 0.122 e. The van der Waals surface area contributed by atoms with Crippen molar-refractivity contribution in [3.63, 3.8) is 0 Å². The first kappa shape index (κ1) is 12.7. The van der Waals surface area contributed by atoms with Crippen molar-refractivity contribution in [2.24, 2.45) is 5.73 Å². The van der Waals surface area contributed by atoms with Crippen molar-refractivity contribution < 1.29 is 4.74 Å². The molecule has 3 nitrogen and oxygen atoms in total. The average Bonchev–Trinajstić information content (AvgIpc) is 2.33. The van der Waals surface area contributed by atoms with Gasteiger partial charge in [-0.2, -0.15) is 0 Å². The summed E-state index contributed by atoms with van der Waals surface area (Å²) in [5.74, 6) is 0.0505. The van der Waals surface area contributed by atoms with Gasteiger partial charge >= 0.3 is 0 Å². The molecule has 0 radical (unpaired) electrons. The van der Waals surface area contributed by atoms with Crippen molar-refractivity contribution in [2.45, 2.75) is 23.0 Å². The number of thioether (sulfide) groups is 1. The molecule has 0 saturated carbocycles. The topological polar surface area (TPSA) is 59.1 Å². The lowest BCUT2D eigenvalue weighted by Crippen LogP contribution is -2.17. The van der Waals surface area contributed by atoms with E-state index >= 15 is 0 Å². The molecule has 0 aliphatic carbocycles. The van der Waals surface area contributed by atoms with Gasteiger partial charge in [-0.1, -0.05) is 17.7 Å². The molecule has 1 aliphatic rings. The number of nitrogens with two attached hydrogens (primary N) is 1. The Morgan fingerprint density at radius 3 is 2.71 bits per heavy atom. The number of hydrogen-bond donors (Lipinski definition) is 2. The van der Waals surface area contributed by atoms with E-state index in [4.69, 9.17) is 27.5 Å². The van der Waals surface area contributed by atoms with Gasteiger partial charge in [0.1, 0.15) is 5.84 Å². The van der Waals surface area contributed by atoms with E-state index in [1.54, 1.807) is 17.8 Å². The molecule has 1 aromatic carbocycles. The number of nitrogen functional groups attached to an aromatic ring is 1. The minimum absolute atomic E-state index is 0.0505. The number of amidine groups is 1. The lowest BCUT2D eigenvalue weighted by atomic mass is 10.2. The fraction of sp³-hybridized carbons (Fsp3) is 0.417. The maximum Gasteiger partial charge on any atom is 0.122 e. The minimum atomic E-state index is 0.0505. The predicted molar refractivity (Wildman–Crippen MR) is 72.2 cm³/mol. The Labute approximate surface area is 110 Å². The molecule has 0 unspecified atom stereocenters. The highest BCUT2D eigenvalue weighted by Crippen LogP contribution is 2.34.